The van der Waals surface area contributed by atoms with Crippen LogP contribution in [-0.2, 0) is 23.9 Å². The van der Waals surface area contributed by atoms with Crippen molar-refractivity contribution in [3.63, 3.8) is 0 Å². The first-order valence-corrected chi connectivity index (χ1v) is 8.42. The Morgan fingerprint density at radius 3 is 2.34 bits per heavy atom. The molecule has 0 atom stereocenters. The highest BCUT2D eigenvalue weighted by Gasteiger charge is 2.33. The summed E-state index contributed by atoms with van der Waals surface area (Å²) >= 11 is 0. The number of rotatable bonds is 7. The number of alkyl halides is 3. The largest absolute Gasteiger partial charge is 0.478 e. The summed E-state index contributed by atoms with van der Waals surface area (Å²) in [6, 6.07) is 8.10. The minimum Gasteiger partial charge on any atom is -0.478 e. The van der Waals surface area contributed by atoms with Gasteiger partial charge in [0, 0.05) is 31.6 Å². The molecule has 0 bridgehead atoms. The molecular formula is C19H17F3N2O5. The first-order valence-electron chi connectivity index (χ1n) is 8.42. The van der Waals surface area contributed by atoms with Crippen LogP contribution in [0.5, 0.6) is 0 Å². The number of amides is 1. The number of halogens is 3. The Labute approximate surface area is 163 Å². The van der Waals surface area contributed by atoms with Crippen molar-refractivity contribution in [3.05, 3.63) is 74.8 Å². The van der Waals surface area contributed by atoms with Crippen LogP contribution in [-0.4, -0.2) is 33.4 Å². The third-order valence-electron chi connectivity index (χ3n) is 4.30. The Morgan fingerprint density at radius 1 is 1.14 bits per heavy atom. The third kappa shape index (κ3) is 5.53. The standard InChI is InChI=1S/C19H17F3N2O5/c1-12(25)23(11-15-4-2-3-5-16(15)19(20,21)22)9-8-13-10-14(18(26)27)6-7-17(13)24(28)29/h2-7,10H,8-9,11H2,1H3,(H,26,27). The second-order valence-electron chi connectivity index (χ2n) is 6.25. The fourth-order valence-corrected chi connectivity index (χ4v) is 2.84. The number of hydrogen-bond donors (Lipinski definition) is 1. The van der Waals surface area contributed by atoms with Gasteiger partial charge in [-0.1, -0.05) is 18.2 Å². The van der Waals surface area contributed by atoms with E-state index >= 15 is 0 Å². The van der Waals surface area contributed by atoms with Gasteiger partial charge in [0.2, 0.25) is 5.91 Å². The number of nitrogens with zero attached hydrogens (tertiary/aromatic N) is 2. The van der Waals surface area contributed by atoms with Gasteiger partial charge in [0.1, 0.15) is 0 Å². The van der Waals surface area contributed by atoms with E-state index in [4.69, 9.17) is 5.11 Å². The van der Waals surface area contributed by atoms with E-state index in [0.717, 1.165) is 29.2 Å². The first-order chi connectivity index (χ1) is 13.5. The molecule has 29 heavy (non-hydrogen) atoms. The predicted octanol–water partition coefficient (Wildman–Crippen LogP) is 3.90. The van der Waals surface area contributed by atoms with Crippen molar-refractivity contribution in [2.75, 3.05) is 6.54 Å². The van der Waals surface area contributed by atoms with Crippen molar-refractivity contribution >= 4 is 17.6 Å². The monoisotopic (exact) mass is 410 g/mol. The van der Waals surface area contributed by atoms with Crippen LogP contribution in [0.3, 0.4) is 0 Å². The molecule has 0 aromatic heterocycles. The molecule has 0 unspecified atom stereocenters. The van der Waals surface area contributed by atoms with Gasteiger partial charge in [-0.15, -0.1) is 0 Å². The minimum atomic E-state index is -4.59. The normalized spacial score (nSPS) is 11.2. The molecule has 0 spiro atoms. The summed E-state index contributed by atoms with van der Waals surface area (Å²) in [4.78, 5) is 34.7. The number of nitro benzene ring substituents is 1. The summed E-state index contributed by atoms with van der Waals surface area (Å²) in [5.41, 5.74) is -1.39. The highest BCUT2D eigenvalue weighted by atomic mass is 19.4. The van der Waals surface area contributed by atoms with E-state index < -0.39 is 28.5 Å². The highest BCUT2D eigenvalue weighted by molar-refractivity contribution is 5.88. The molecule has 2 aromatic carbocycles. The Hall–Kier alpha value is -3.43. The minimum absolute atomic E-state index is 0.0743. The van der Waals surface area contributed by atoms with Crippen LogP contribution < -0.4 is 0 Å². The molecule has 0 aliphatic carbocycles. The summed E-state index contributed by atoms with van der Waals surface area (Å²) in [6.07, 6.45) is -4.68. The number of carboxylic acids is 1. The molecule has 0 saturated heterocycles. The molecule has 1 N–H and O–H groups in total. The summed E-state index contributed by atoms with van der Waals surface area (Å²) < 4.78 is 39.5. The van der Waals surface area contributed by atoms with E-state index in [1.54, 1.807) is 0 Å². The van der Waals surface area contributed by atoms with Crippen molar-refractivity contribution in [2.24, 2.45) is 0 Å². The van der Waals surface area contributed by atoms with Crippen LogP contribution in [0.4, 0.5) is 18.9 Å². The molecule has 0 aliphatic rings. The van der Waals surface area contributed by atoms with Crippen LogP contribution >= 0.6 is 0 Å². The number of aromatic carboxylic acids is 1. The maximum absolute atomic E-state index is 13.2. The number of benzene rings is 2. The van der Waals surface area contributed by atoms with Gasteiger partial charge in [0.15, 0.2) is 0 Å². The molecule has 0 saturated carbocycles. The van der Waals surface area contributed by atoms with Gasteiger partial charge in [0.05, 0.1) is 16.1 Å². The van der Waals surface area contributed by atoms with E-state index in [2.05, 4.69) is 0 Å². The molecule has 10 heteroatoms. The Balaban J connectivity index is 2.28. The van der Waals surface area contributed by atoms with Crippen LogP contribution in [0.1, 0.15) is 34.0 Å². The Morgan fingerprint density at radius 2 is 1.79 bits per heavy atom. The van der Waals surface area contributed by atoms with Gasteiger partial charge in [-0.3, -0.25) is 14.9 Å². The lowest BCUT2D eigenvalue weighted by Gasteiger charge is -2.23. The number of nitro groups is 1. The van der Waals surface area contributed by atoms with E-state index in [1.807, 2.05) is 0 Å². The third-order valence-corrected chi connectivity index (χ3v) is 4.30. The lowest BCUT2D eigenvalue weighted by atomic mass is 10.0. The second kappa shape index (κ2) is 8.72. The number of hydrogen-bond acceptors (Lipinski definition) is 4. The van der Waals surface area contributed by atoms with E-state index in [0.29, 0.717) is 0 Å². The molecule has 1 amide bonds. The van der Waals surface area contributed by atoms with Crippen molar-refractivity contribution in [1.82, 2.24) is 4.90 Å². The van der Waals surface area contributed by atoms with Gasteiger partial charge in [0.25, 0.3) is 5.69 Å². The van der Waals surface area contributed by atoms with E-state index in [-0.39, 0.29) is 41.9 Å². The molecule has 2 aromatic rings. The molecule has 7 nitrogen and oxygen atoms in total. The molecule has 0 aliphatic heterocycles. The first kappa shape index (κ1) is 21.9. The highest BCUT2D eigenvalue weighted by Crippen LogP contribution is 2.32. The summed E-state index contributed by atoms with van der Waals surface area (Å²) in [5, 5.41) is 20.2. The average Bonchev–Trinajstić information content (AvgIpc) is 2.63. The Bertz CT molecular complexity index is 944. The molecule has 2 rings (SSSR count). The van der Waals surface area contributed by atoms with Crippen LogP contribution in [0.2, 0.25) is 0 Å². The van der Waals surface area contributed by atoms with Gasteiger partial charge in [-0.05, 0) is 30.2 Å². The average molecular weight is 410 g/mol. The smallest absolute Gasteiger partial charge is 0.416 e. The predicted molar refractivity (Wildman–Crippen MR) is 96.3 cm³/mol. The topological polar surface area (TPSA) is 101 Å². The molecular weight excluding hydrogens is 393 g/mol. The van der Waals surface area contributed by atoms with Gasteiger partial charge in [-0.25, -0.2) is 4.79 Å². The summed E-state index contributed by atoms with van der Waals surface area (Å²) in [5.74, 6) is -1.79. The maximum atomic E-state index is 13.2. The van der Waals surface area contributed by atoms with Crippen molar-refractivity contribution < 1.29 is 32.8 Å². The number of carbonyl (C=O) groups excluding carboxylic acids is 1. The van der Waals surface area contributed by atoms with Gasteiger partial charge >= 0.3 is 12.1 Å². The summed E-state index contributed by atoms with van der Waals surface area (Å²) in [7, 11) is 0. The SMILES string of the molecule is CC(=O)N(CCc1cc(C(=O)O)ccc1[N+](=O)[O-])Cc1ccccc1C(F)(F)F. The molecule has 0 heterocycles. The summed E-state index contributed by atoms with van der Waals surface area (Å²) in [6.45, 7) is 0.723. The van der Waals surface area contributed by atoms with Gasteiger partial charge in [-0.2, -0.15) is 13.2 Å². The maximum Gasteiger partial charge on any atom is 0.416 e. The zero-order valence-electron chi connectivity index (χ0n) is 15.3. The van der Waals surface area contributed by atoms with Crippen LogP contribution in [0, 0.1) is 10.1 Å². The second-order valence-corrected chi connectivity index (χ2v) is 6.25. The molecule has 0 radical (unpaired) electrons. The molecule has 154 valence electrons. The fraction of sp³-hybridized carbons (Fsp3) is 0.263. The van der Waals surface area contributed by atoms with Crippen molar-refractivity contribution in [1.29, 1.82) is 0 Å². The number of carbonyl (C=O) groups is 2. The van der Waals surface area contributed by atoms with Gasteiger partial charge < -0.3 is 10.0 Å². The zero-order chi connectivity index (χ0) is 21.8. The quantitative estimate of drug-likeness (QED) is 0.551. The van der Waals surface area contributed by atoms with E-state index in [9.17, 15) is 32.9 Å². The lowest BCUT2D eigenvalue weighted by Crippen LogP contribution is -2.31. The van der Waals surface area contributed by atoms with Crippen molar-refractivity contribution in [3.8, 4) is 0 Å². The lowest BCUT2D eigenvalue weighted by molar-refractivity contribution is -0.385. The van der Waals surface area contributed by atoms with E-state index in [1.165, 1.54) is 25.1 Å². The fourth-order valence-electron chi connectivity index (χ4n) is 2.84. The Kier molecular flexibility index (Phi) is 6.57. The zero-order valence-corrected chi connectivity index (χ0v) is 15.3. The number of carboxylic acid groups (broad SMARTS) is 1. The van der Waals surface area contributed by atoms with Crippen molar-refractivity contribution in [2.45, 2.75) is 26.1 Å². The van der Waals surface area contributed by atoms with Crippen LogP contribution in [0.25, 0.3) is 0 Å². The molecule has 0 fully saturated rings. The van der Waals surface area contributed by atoms with Crippen LogP contribution in [0.15, 0.2) is 42.5 Å².